The maximum absolute atomic E-state index is 14.2. The van der Waals surface area contributed by atoms with E-state index in [0.29, 0.717) is 6.04 Å². The van der Waals surface area contributed by atoms with Crippen molar-refractivity contribution in [1.82, 2.24) is 14.7 Å². The van der Waals surface area contributed by atoms with Crippen molar-refractivity contribution in [3.63, 3.8) is 0 Å². The molecule has 2 aromatic carbocycles. The lowest BCUT2D eigenvalue weighted by Crippen LogP contribution is -2.46. The molecule has 178 valence electrons. The minimum absolute atomic E-state index is 0.172. The molecule has 0 N–H and O–H groups in total. The number of likely N-dealkylation sites (tertiary alicyclic amines) is 1. The molecular formula is C27H36F2N4. The van der Waals surface area contributed by atoms with E-state index in [2.05, 4.69) is 26.5 Å². The molecule has 0 bridgehead atoms. The number of piperazine rings is 1. The number of anilines is 2. The van der Waals surface area contributed by atoms with Crippen LogP contribution in [0.25, 0.3) is 0 Å². The number of piperidine rings is 1. The minimum atomic E-state index is -0.226. The summed E-state index contributed by atoms with van der Waals surface area (Å²) < 4.78 is 27.7. The average Bonchev–Trinajstić information content (AvgIpc) is 3.15. The molecule has 33 heavy (non-hydrogen) atoms. The lowest BCUT2D eigenvalue weighted by atomic mass is 9.89. The van der Waals surface area contributed by atoms with E-state index in [-0.39, 0.29) is 17.6 Å². The highest BCUT2D eigenvalue weighted by molar-refractivity contribution is 5.73. The zero-order chi connectivity index (χ0) is 22.8. The van der Waals surface area contributed by atoms with Gasteiger partial charge in [0.25, 0.3) is 0 Å². The summed E-state index contributed by atoms with van der Waals surface area (Å²) in [5, 5.41) is 0. The van der Waals surface area contributed by atoms with Gasteiger partial charge >= 0.3 is 0 Å². The number of hydrogen-bond acceptors (Lipinski definition) is 4. The van der Waals surface area contributed by atoms with Crippen molar-refractivity contribution >= 4 is 11.4 Å². The van der Waals surface area contributed by atoms with Gasteiger partial charge in [0.1, 0.15) is 11.6 Å². The molecule has 0 amide bonds. The van der Waals surface area contributed by atoms with Crippen LogP contribution in [0.1, 0.15) is 37.7 Å². The summed E-state index contributed by atoms with van der Waals surface area (Å²) in [6.45, 7) is 12.5. The molecule has 3 aliphatic rings. The van der Waals surface area contributed by atoms with Gasteiger partial charge in [-0.2, -0.15) is 0 Å². The van der Waals surface area contributed by atoms with Gasteiger partial charge in [0, 0.05) is 62.6 Å². The normalized spacial score (nSPS) is 24.2. The van der Waals surface area contributed by atoms with Gasteiger partial charge in [-0.1, -0.05) is 6.92 Å². The fraction of sp³-hybridized carbons (Fsp3) is 0.556. The van der Waals surface area contributed by atoms with Gasteiger partial charge in [0.15, 0.2) is 0 Å². The standard InChI is InChI=1S/C27H36F2N4/c1-2-30-15-17-31(18-16-30)12-3-4-13-32-14-11-27-25(20-32)24-19-22(29)7-10-26(24)33(27)23-8-5-21(28)6-9-23/h5-10,19,25,27H,2-4,11-18,20H2,1H3. The second kappa shape index (κ2) is 10.1. The second-order valence-electron chi connectivity index (χ2n) is 9.80. The molecule has 5 rings (SSSR count). The van der Waals surface area contributed by atoms with Crippen LogP contribution >= 0.6 is 0 Å². The molecule has 3 aliphatic heterocycles. The molecule has 2 fully saturated rings. The van der Waals surface area contributed by atoms with E-state index in [9.17, 15) is 8.78 Å². The zero-order valence-corrected chi connectivity index (χ0v) is 19.7. The van der Waals surface area contributed by atoms with Crippen LogP contribution in [0, 0.1) is 11.6 Å². The molecule has 0 spiro atoms. The van der Waals surface area contributed by atoms with Crippen molar-refractivity contribution < 1.29 is 8.78 Å². The van der Waals surface area contributed by atoms with Crippen molar-refractivity contribution in [3.8, 4) is 0 Å². The maximum Gasteiger partial charge on any atom is 0.123 e. The van der Waals surface area contributed by atoms with Crippen LogP contribution in [0.4, 0.5) is 20.2 Å². The quantitative estimate of drug-likeness (QED) is 0.563. The number of benzene rings is 2. The Balaban J connectivity index is 1.19. The van der Waals surface area contributed by atoms with Crippen LogP contribution in [-0.4, -0.2) is 79.6 Å². The zero-order valence-electron chi connectivity index (χ0n) is 19.7. The van der Waals surface area contributed by atoms with E-state index < -0.39 is 0 Å². The molecule has 3 heterocycles. The first-order valence-electron chi connectivity index (χ1n) is 12.6. The highest BCUT2D eigenvalue weighted by Crippen LogP contribution is 2.48. The van der Waals surface area contributed by atoms with Crippen LogP contribution in [-0.2, 0) is 0 Å². The third kappa shape index (κ3) is 4.93. The summed E-state index contributed by atoms with van der Waals surface area (Å²) in [4.78, 5) is 10.0. The molecule has 6 heteroatoms. The van der Waals surface area contributed by atoms with Crippen molar-refractivity contribution in [2.45, 2.75) is 38.1 Å². The first kappa shape index (κ1) is 22.8. The van der Waals surface area contributed by atoms with Gasteiger partial charge in [0.2, 0.25) is 0 Å². The topological polar surface area (TPSA) is 13.0 Å². The maximum atomic E-state index is 14.2. The highest BCUT2D eigenvalue weighted by atomic mass is 19.1. The van der Waals surface area contributed by atoms with Gasteiger partial charge in [-0.05, 0) is 86.9 Å². The van der Waals surface area contributed by atoms with Gasteiger partial charge in [-0.25, -0.2) is 8.78 Å². The minimum Gasteiger partial charge on any atom is -0.337 e. The molecule has 0 radical (unpaired) electrons. The first-order chi connectivity index (χ1) is 16.1. The summed E-state index contributed by atoms with van der Waals surface area (Å²) in [6, 6.07) is 12.2. The summed E-state index contributed by atoms with van der Waals surface area (Å²) in [5.74, 6) is -0.110. The lowest BCUT2D eigenvalue weighted by Gasteiger charge is -2.39. The summed E-state index contributed by atoms with van der Waals surface area (Å²) in [6.07, 6.45) is 3.49. The molecule has 0 saturated carbocycles. The smallest absolute Gasteiger partial charge is 0.123 e. The molecule has 2 atom stereocenters. The Morgan fingerprint density at radius 2 is 1.45 bits per heavy atom. The van der Waals surface area contributed by atoms with Crippen LogP contribution in [0.2, 0.25) is 0 Å². The Hall–Kier alpha value is -2.02. The van der Waals surface area contributed by atoms with E-state index >= 15 is 0 Å². The molecule has 0 aromatic heterocycles. The SMILES string of the molecule is CCN1CCN(CCCCN2CCC3C(C2)c2cc(F)ccc2N3c2ccc(F)cc2)CC1. The fourth-order valence-corrected chi connectivity index (χ4v) is 5.98. The predicted octanol–water partition coefficient (Wildman–Crippen LogP) is 4.69. The fourth-order valence-electron chi connectivity index (χ4n) is 5.98. The highest BCUT2D eigenvalue weighted by Gasteiger charge is 2.42. The van der Waals surface area contributed by atoms with E-state index in [1.54, 1.807) is 12.1 Å². The molecule has 0 aliphatic carbocycles. The summed E-state index contributed by atoms with van der Waals surface area (Å²) in [5.41, 5.74) is 3.17. The Labute approximate surface area is 196 Å². The number of nitrogens with zero attached hydrogens (tertiary/aromatic N) is 4. The van der Waals surface area contributed by atoms with Crippen LogP contribution < -0.4 is 4.90 Å². The Morgan fingerprint density at radius 1 is 0.788 bits per heavy atom. The predicted molar refractivity (Wildman–Crippen MR) is 130 cm³/mol. The van der Waals surface area contributed by atoms with Gasteiger partial charge in [-0.15, -0.1) is 0 Å². The molecule has 2 saturated heterocycles. The number of rotatable bonds is 7. The van der Waals surface area contributed by atoms with Gasteiger partial charge in [0.05, 0.1) is 0 Å². The van der Waals surface area contributed by atoms with Crippen LogP contribution in [0.15, 0.2) is 42.5 Å². The van der Waals surface area contributed by atoms with Crippen molar-refractivity contribution in [1.29, 1.82) is 0 Å². The summed E-state index contributed by atoms with van der Waals surface area (Å²) >= 11 is 0. The Bertz CT molecular complexity index is 926. The molecule has 2 unspecified atom stereocenters. The molecular weight excluding hydrogens is 418 g/mol. The van der Waals surface area contributed by atoms with Crippen molar-refractivity contribution in [2.24, 2.45) is 0 Å². The Kier molecular flexibility index (Phi) is 6.95. The summed E-state index contributed by atoms with van der Waals surface area (Å²) in [7, 11) is 0. The number of likely N-dealkylation sites (N-methyl/N-ethyl adjacent to an activating group) is 1. The monoisotopic (exact) mass is 454 g/mol. The first-order valence-corrected chi connectivity index (χ1v) is 12.6. The third-order valence-corrected chi connectivity index (χ3v) is 7.86. The van der Waals surface area contributed by atoms with Crippen molar-refractivity contribution in [2.75, 3.05) is 63.8 Å². The number of fused-ring (bicyclic) bond motifs is 3. The largest absolute Gasteiger partial charge is 0.337 e. The molecule has 4 nitrogen and oxygen atoms in total. The van der Waals surface area contributed by atoms with E-state index in [1.165, 1.54) is 57.7 Å². The molecule has 2 aromatic rings. The average molecular weight is 455 g/mol. The van der Waals surface area contributed by atoms with E-state index in [4.69, 9.17) is 0 Å². The number of hydrogen-bond donors (Lipinski definition) is 0. The van der Waals surface area contributed by atoms with E-state index in [0.717, 1.165) is 49.5 Å². The third-order valence-electron chi connectivity index (χ3n) is 7.86. The lowest BCUT2D eigenvalue weighted by molar-refractivity contribution is 0.132. The van der Waals surface area contributed by atoms with Crippen molar-refractivity contribution in [3.05, 3.63) is 59.7 Å². The van der Waals surface area contributed by atoms with Gasteiger partial charge in [-0.3, -0.25) is 0 Å². The van der Waals surface area contributed by atoms with Gasteiger partial charge < -0.3 is 19.6 Å². The van der Waals surface area contributed by atoms with E-state index in [1.807, 2.05) is 18.2 Å². The van der Waals surface area contributed by atoms with Crippen LogP contribution in [0.3, 0.4) is 0 Å². The number of halogens is 2. The number of unbranched alkanes of at least 4 members (excludes halogenated alkanes) is 1. The Morgan fingerprint density at radius 3 is 2.18 bits per heavy atom. The van der Waals surface area contributed by atoms with Crippen LogP contribution in [0.5, 0.6) is 0 Å². The second-order valence-corrected chi connectivity index (χ2v) is 9.80.